The van der Waals surface area contributed by atoms with Gasteiger partial charge in [0.1, 0.15) is 12.2 Å². The van der Waals surface area contributed by atoms with Gasteiger partial charge in [-0.1, -0.05) is 6.07 Å². The molecule has 2 aliphatic heterocycles. The summed E-state index contributed by atoms with van der Waals surface area (Å²) in [6.45, 7) is 2.31. The second-order valence-corrected chi connectivity index (χ2v) is 7.13. The maximum atomic E-state index is 12.8. The molecule has 1 N–H and O–H groups in total. The maximum Gasteiger partial charge on any atom is 0.247 e. The SMILES string of the molecule is O=C(C1CCc2ncnn2C1)N1CCC(Cc2ccc(=O)[nH]c2)CC1. The molecule has 25 heavy (non-hydrogen) atoms. The first-order chi connectivity index (χ1) is 12.2. The zero-order valence-electron chi connectivity index (χ0n) is 14.2. The average molecular weight is 341 g/mol. The number of amides is 1. The smallest absolute Gasteiger partial charge is 0.247 e. The summed E-state index contributed by atoms with van der Waals surface area (Å²) in [7, 11) is 0. The highest BCUT2D eigenvalue weighted by Gasteiger charge is 2.31. The molecule has 1 amide bonds. The molecule has 132 valence electrons. The van der Waals surface area contributed by atoms with Crippen molar-refractivity contribution in [3.8, 4) is 0 Å². The Bertz CT molecular complexity index is 783. The Morgan fingerprint density at radius 1 is 1.24 bits per heavy atom. The van der Waals surface area contributed by atoms with Crippen LogP contribution in [0.25, 0.3) is 0 Å². The molecule has 2 aromatic heterocycles. The van der Waals surface area contributed by atoms with Crippen molar-refractivity contribution in [2.75, 3.05) is 13.1 Å². The van der Waals surface area contributed by atoms with Crippen LogP contribution in [0.15, 0.2) is 29.5 Å². The standard InChI is InChI=1S/C18H23N5O2/c24-17-4-1-14(10-19-17)9-13-5-7-22(8-6-13)18(25)15-2-3-16-20-12-21-23(16)11-15/h1,4,10,12-13,15H,2-3,5-9,11H2,(H,19,24). The molecule has 2 aliphatic rings. The van der Waals surface area contributed by atoms with Gasteiger partial charge in [0.15, 0.2) is 0 Å². The first-order valence-electron chi connectivity index (χ1n) is 9.02. The second kappa shape index (κ2) is 6.82. The van der Waals surface area contributed by atoms with Crippen LogP contribution in [0.3, 0.4) is 0 Å². The Morgan fingerprint density at radius 3 is 2.84 bits per heavy atom. The zero-order chi connectivity index (χ0) is 17.2. The molecule has 0 aromatic carbocycles. The van der Waals surface area contributed by atoms with Crippen molar-refractivity contribution in [2.45, 2.75) is 38.6 Å². The number of fused-ring (bicyclic) bond motifs is 1. The number of pyridine rings is 1. The first-order valence-corrected chi connectivity index (χ1v) is 9.02. The Morgan fingerprint density at radius 2 is 2.08 bits per heavy atom. The van der Waals surface area contributed by atoms with Crippen molar-refractivity contribution in [3.05, 3.63) is 46.4 Å². The van der Waals surface area contributed by atoms with Gasteiger partial charge in [-0.15, -0.1) is 0 Å². The fourth-order valence-corrected chi connectivity index (χ4v) is 3.96. The number of rotatable bonds is 3. The van der Waals surface area contributed by atoms with Crippen LogP contribution in [0.5, 0.6) is 0 Å². The molecule has 0 radical (unpaired) electrons. The molecule has 1 atom stereocenters. The summed E-state index contributed by atoms with van der Waals surface area (Å²) >= 11 is 0. The zero-order valence-corrected chi connectivity index (χ0v) is 14.2. The fraction of sp³-hybridized carbons (Fsp3) is 0.556. The number of carbonyl (C=O) groups excluding carboxylic acids is 1. The molecular weight excluding hydrogens is 318 g/mol. The van der Waals surface area contributed by atoms with E-state index in [9.17, 15) is 9.59 Å². The van der Waals surface area contributed by atoms with Gasteiger partial charge in [-0.2, -0.15) is 5.10 Å². The summed E-state index contributed by atoms with van der Waals surface area (Å²) in [5.41, 5.74) is 1.10. The lowest BCUT2D eigenvalue weighted by atomic mass is 9.89. The van der Waals surface area contributed by atoms with Crippen molar-refractivity contribution < 1.29 is 4.79 Å². The van der Waals surface area contributed by atoms with E-state index in [0.717, 1.165) is 56.6 Å². The minimum Gasteiger partial charge on any atom is -0.342 e. The average Bonchev–Trinajstić information content (AvgIpc) is 3.11. The second-order valence-electron chi connectivity index (χ2n) is 7.13. The number of carbonyl (C=O) groups is 1. The number of aryl methyl sites for hydroxylation is 1. The maximum absolute atomic E-state index is 12.8. The highest BCUT2D eigenvalue weighted by molar-refractivity contribution is 5.79. The van der Waals surface area contributed by atoms with Gasteiger partial charge < -0.3 is 9.88 Å². The Kier molecular flexibility index (Phi) is 4.38. The summed E-state index contributed by atoms with van der Waals surface area (Å²) in [6, 6.07) is 3.48. The van der Waals surface area contributed by atoms with E-state index in [-0.39, 0.29) is 17.4 Å². The molecule has 0 bridgehead atoms. The van der Waals surface area contributed by atoms with Crippen LogP contribution < -0.4 is 5.56 Å². The van der Waals surface area contributed by atoms with E-state index in [1.54, 1.807) is 18.6 Å². The molecule has 1 fully saturated rings. The van der Waals surface area contributed by atoms with Gasteiger partial charge in [-0.05, 0) is 37.2 Å². The van der Waals surface area contributed by atoms with E-state index in [0.29, 0.717) is 12.5 Å². The molecule has 0 saturated carbocycles. The molecule has 0 spiro atoms. The van der Waals surface area contributed by atoms with E-state index < -0.39 is 0 Å². The number of H-pyrrole nitrogens is 1. The first kappa shape index (κ1) is 16.1. The number of likely N-dealkylation sites (tertiary alicyclic amines) is 1. The quantitative estimate of drug-likeness (QED) is 0.903. The van der Waals surface area contributed by atoms with Crippen LogP contribution in [0, 0.1) is 11.8 Å². The number of aromatic nitrogens is 4. The molecule has 4 heterocycles. The van der Waals surface area contributed by atoms with Crippen LogP contribution in [-0.4, -0.2) is 43.6 Å². The summed E-state index contributed by atoms with van der Waals surface area (Å²) in [6.07, 6.45) is 8.08. The van der Waals surface area contributed by atoms with Gasteiger partial charge >= 0.3 is 0 Å². The van der Waals surface area contributed by atoms with Crippen LogP contribution >= 0.6 is 0 Å². The highest BCUT2D eigenvalue weighted by Crippen LogP contribution is 2.25. The summed E-state index contributed by atoms with van der Waals surface area (Å²) in [5.74, 6) is 1.86. The summed E-state index contributed by atoms with van der Waals surface area (Å²) in [5, 5.41) is 4.21. The molecule has 1 saturated heterocycles. The summed E-state index contributed by atoms with van der Waals surface area (Å²) in [4.78, 5) is 32.9. The number of piperidine rings is 1. The number of nitrogens with one attached hydrogen (secondary N) is 1. The minimum absolute atomic E-state index is 0.0324. The third-order valence-electron chi connectivity index (χ3n) is 5.45. The largest absolute Gasteiger partial charge is 0.342 e. The summed E-state index contributed by atoms with van der Waals surface area (Å²) < 4.78 is 1.87. The predicted molar refractivity (Wildman–Crippen MR) is 91.9 cm³/mol. The third-order valence-corrected chi connectivity index (χ3v) is 5.45. The molecule has 4 rings (SSSR count). The molecule has 7 nitrogen and oxygen atoms in total. The van der Waals surface area contributed by atoms with Crippen molar-refractivity contribution in [3.63, 3.8) is 0 Å². The number of hydrogen-bond acceptors (Lipinski definition) is 4. The van der Waals surface area contributed by atoms with E-state index >= 15 is 0 Å². The molecule has 7 heteroatoms. The predicted octanol–water partition coefficient (Wildman–Crippen LogP) is 1.01. The van der Waals surface area contributed by atoms with Gasteiger partial charge in [0.2, 0.25) is 11.5 Å². The lowest BCUT2D eigenvalue weighted by molar-refractivity contribution is -0.138. The van der Waals surface area contributed by atoms with E-state index in [1.165, 1.54) is 0 Å². The topological polar surface area (TPSA) is 83.9 Å². The number of hydrogen-bond donors (Lipinski definition) is 1. The van der Waals surface area contributed by atoms with E-state index in [1.807, 2.05) is 15.6 Å². The molecule has 0 aliphatic carbocycles. The van der Waals surface area contributed by atoms with Gasteiger partial charge in [-0.25, -0.2) is 9.67 Å². The minimum atomic E-state index is -0.0628. The van der Waals surface area contributed by atoms with Gasteiger partial charge in [0, 0.05) is 31.8 Å². The lowest BCUT2D eigenvalue weighted by Crippen LogP contribution is -2.44. The Labute approximate surface area is 146 Å². The fourth-order valence-electron chi connectivity index (χ4n) is 3.96. The van der Waals surface area contributed by atoms with Gasteiger partial charge in [0.25, 0.3) is 0 Å². The van der Waals surface area contributed by atoms with Crippen LogP contribution in [0.1, 0.15) is 30.7 Å². The molecule has 2 aromatic rings. The van der Waals surface area contributed by atoms with Crippen LogP contribution in [0.2, 0.25) is 0 Å². The third kappa shape index (κ3) is 3.50. The van der Waals surface area contributed by atoms with Crippen LogP contribution in [0.4, 0.5) is 0 Å². The van der Waals surface area contributed by atoms with E-state index in [2.05, 4.69) is 15.1 Å². The normalized spacial score (nSPS) is 21.1. The van der Waals surface area contributed by atoms with Gasteiger partial charge in [-0.3, -0.25) is 9.59 Å². The number of nitrogens with zero attached hydrogens (tertiary/aromatic N) is 4. The van der Waals surface area contributed by atoms with Crippen molar-refractivity contribution >= 4 is 5.91 Å². The lowest BCUT2D eigenvalue weighted by Gasteiger charge is -2.35. The van der Waals surface area contributed by atoms with Crippen molar-refractivity contribution in [2.24, 2.45) is 11.8 Å². The Hall–Kier alpha value is -2.44. The van der Waals surface area contributed by atoms with Crippen molar-refractivity contribution in [1.82, 2.24) is 24.6 Å². The highest BCUT2D eigenvalue weighted by atomic mass is 16.2. The molecule has 1 unspecified atom stereocenters. The number of aromatic amines is 1. The van der Waals surface area contributed by atoms with Crippen LogP contribution in [-0.2, 0) is 24.2 Å². The Balaban J connectivity index is 1.30. The molecular formula is C18H23N5O2. The van der Waals surface area contributed by atoms with Crippen molar-refractivity contribution in [1.29, 1.82) is 0 Å². The van der Waals surface area contributed by atoms with E-state index in [4.69, 9.17) is 0 Å². The monoisotopic (exact) mass is 341 g/mol. The van der Waals surface area contributed by atoms with Gasteiger partial charge in [0.05, 0.1) is 12.5 Å².